The summed E-state index contributed by atoms with van der Waals surface area (Å²) in [5.41, 5.74) is -0.105. The van der Waals surface area contributed by atoms with E-state index in [1.54, 1.807) is 4.90 Å². The van der Waals surface area contributed by atoms with Crippen molar-refractivity contribution in [1.82, 2.24) is 4.90 Å². The van der Waals surface area contributed by atoms with Gasteiger partial charge in [0.15, 0.2) is 0 Å². The highest BCUT2D eigenvalue weighted by atomic mass is 16.3. The molecule has 0 N–H and O–H groups in total. The summed E-state index contributed by atoms with van der Waals surface area (Å²) in [5.74, 6) is -0.545. The van der Waals surface area contributed by atoms with E-state index in [0.717, 1.165) is 12.8 Å². The standard InChI is InChI=1S/C12H18N2O3/c1-12(2,3)6-9(15)14-8-4-7(5-8)10(14)11(16)13-17/h7-8,10H,4-6H2,1-3H3. The lowest BCUT2D eigenvalue weighted by atomic mass is 9.83. The highest BCUT2D eigenvalue weighted by Gasteiger charge is 2.56. The second-order valence-corrected chi connectivity index (χ2v) is 6.30. The van der Waals surface area contributed by atoms with Crippen molar-refractivity contribution in [3.05, 3.63) is 4.91 Å². The number of hydrogen-bond donors (Lipinski definition) is 0. The number of fused-ring (bicyclic) bond motifs is 1. The van der Waals surface area contributed by atoms with Gasteiger partial charge in [-0.3, -0.25) is 9.59 Å². The van der Waals surface area contributed by atoms with Gasteiger partial charge in [-0.1, -0.05) is 20.8 Å². The van der Waals surface area contributed by atoms with Gasteiger partial charge < -0.3 is 4.90 Å². The molecule has 94 valence electrons. The van der Waals surface area contributed by atoms with E-state index in [1.165, 1.54) is 0 Å². The van der Waals surface area contributed by atoms with Gasteiger partial charge in [-0.25, -0.2) is 0 Å². The highest BCUT2D eigenvalue weighted by Crippen LogP contribution is 2.47. The van der Waals surface area contributed by atoms with E-state index in [-0.39, 0.29) is 23.3 Å². The normalized spacial score (nSPS) is 31.0. The number of rotatable bonds is 2. The Morgan fingerprint density at radius 2 is 1.88 bits per heavy atom. The molecule has 2 heterocycles. The highest BCUT2D eigenvalue weighted by molar-refractivity contribution is 5.90. The molecule has 1 unspecified atom stereocenters. The Kier molecular flexibility index (Phi) is 2.79. The third-order valence-corrected chi connectivity index (χ3v) is 3.60. The summed E-state index contributed by atoms with van der Waals surface area (Å²) < 4.78 is 0. The fraction of sp³-hybridized carbons (Fsp3) is 0.833. The monoisotopic (exact) mass is 238 g/mol. The van der Waals surface area contributed by atoms with Gasteiger partial charge in [0, 0.05) is 17.6 Å². The van der Waals surface area contributed by atoms with Crippen LogP contribution in [0.15, 0.2) is 5.18 Å². The summed E-state index contributed by atoms with van der Waals surface area (Å²) in [6.07, 6.45) is 2.10. The topological polar surface area (TPSA) is 66.8 Å². The van der Waals surface area contributed by atoms with Crippen LogP contribution in [0.3, 0.4) is 0 Å². The molecule has 3 fully saturated rings. The second kappa shape index (κ2) is 3.89. The van der Waals surface area contributed by atoms with Gasteiger partial charge in [-0.15, -0.1) is 4.91 Å². The van der Waals surface area contributed by atoms with Gasteiger partial charge >= 0.3 is 5.91 Å². The maximum Gasteiger partial charge on any atom is 0.308 e. The van der Waals surface area contributed by atoms with Crippen molar-refractivity contribution < 1.29 is 9.59 Å². The average molecular weight is 238 g/mol. The van der Waals surface area contributed by atoms with Crippen LogP contribution in [0.25, 0.3) is 0 Å². The van der Waals surface area contributed by atoms with Crippen LogP contribution in [-0.2, 0) is 9.59 Å². The molecule has 1 saturated carbocycles. The first-order valence-electron chi connectivity index (χ1n) is 6.02. The summed E-state index contributed by atoms with van der Waals surface area (Å²) >= 11 is 0. The zero-order valence-corrected chi connectivity index (χ0v) is 10.5. The Balaban J connectivity index is 2.12. The van der Waals surface area contributed by atoms with Crippen LogP contribution in [0.5, 0.6) is 0 Å². The first-order chi connectivity index (χ1) is 7.83. The van der Waals surface area contributed by atoms with Crippen LogP contribution >= 0.6 is 0 Å². The first-order valence-corrected chi connectivity index (χ1v) is 6.02. The number of carbonyl (C=O) groups is 2. The largest absolute Gasteiger partial charge is 0.327 e. The summed E-state index contributed by atoms with van der Waals surface area (Å²) in [6, 6.07) is -0.419. The van der Waals surface area contributed by atoms with Crippen LogP contribution in [-0.4, -0.2) is 28.8 Å². The van der Waals surface area contributed by atoms with Crippen LogP contribution in [0, 0.1) is 16.2 Å². The Labute approximate surface area is 101 Å². The molecular formula is C12H18N2O3. The van der Waals surface area contributed by atoms with Crippen molar-refractivity contribution in [2.45, 2.75) is 52.1 Å². The van der Waals surface area contributed by atoms with Gasteiger partial charge in [0.25, 0.3) is 0 Å². The quantitative estimate of drug-likeness (QED) is 0.688. The summed E-state index contributed by atoms with van der Waals surface area (Å²) in [4.78, 5) is 35.6. The van der Waals surface area contributed by atoms with Gasteiger partial charge in [-0.2, -0.15) is 0 Å². The molecule has 5 heteroatoms. The minimum atomic E-state index is -0.683. The molecule has 0 aromatic heterocycles. The molecule has 5 nitrogen and oxygen atoms in total. The maximum absolute atomic E-state index is 12.2. The van der Waals surface area contributed by atoms with Crippen LogP contribution in [0.1, 0.15) is 40.0 Å². The lowest BCUT2D eigenvalue weighted by molar-refractivity contribution is -0.139. The van der Waals surface area contributed by atoms with Crippen LogP contribution < -0.4 is 0 Å². The van der Waals surface area contributed by atoms with Gasteiger partial charge in [0.1, 0.15) is 6.04 Å². The fourth-order valence-electron chi connectivity index (χ4n) is 2.85. The lowest BCUT2D eigenvalue weighted by Crippen LogP contribution is -2.42. The molecule has 0 aromatic rings. The number of amides is 2. The number of carbonyl (C=O) groups excluding carboxylic acids is 2. The van der Waals surface area contributed by atoms with E-state index in [1.807, 2.05) is 20.8 Å². The molecule has 2 aliphatic heterocycles. The molecule has 0 aromatic carbocycles. The van der Waals surface area contributed by atoms with E-state index in [2.05, 4.69) is 5.18 Å². The molecule has 1 aliphatic carbocycles. The van der Waals surface area contributed by atoms with Gasteiger partial charge in [0.05, 0.1) is 0 Å². The Bertz CT molecular complexity index is 366. The smallest absolute Gasteiger partial charge is 0.308 e. The van der Waals surface area contributed by atoms with Crippen molar-refractivity contribution in [3.63, 3.8) is 0 Å². The van der Waals surface area contributed by atoms with E-state index in [4.69, 9.17) is 0 Å². The third kappa shape index (κ3) is 2.10. The van der Waals surface area contributed by atoms with Crippen molar-refractivity contribution >= 4 is 11.8 Å². The van der Waals surface area contributed by atoms with E-state index < -0.39 is 11.9 Å². The Morgan fingerprint density at radius 3 is 2.35 bits per heavy atom. The molecule has 3 rings (SSSR count). The molecule has 1 atom stereocenters. The maximum atomic E-state index is 12.2. The minimum Gasteiger partial charge on any atom is -0.327 e. The number of nitrogens with zero attached hydrogens (tertiary/aromatic N) is 2. The van der Waals surface area contributed by atoms with Gasteiger partial charge in [-0.05, 0) is 24.2 Å². The Morgan fingerprint density at radius 1 is 1.29 bits per heavy atom. The minimum absolute atomic E-state index is 0.0236. The first kappa shape index (κ1) is 12.2. The molecule has 0 radical (unpaired) electrons. The molecule has 2 amide bonds. The van der Waals surface area contributed by atoms with Crippen LogP contribution in [0.2, 0.25) is 0 Å². The van der Waals surface area contributed by atoms with Crippen molar-refractivity contribution in [2.75, 3.05) is 0 Å². The lowest BCUT2D eigenvalue weighted by Gasteiger charge is -2.28. The molecule has 17 heavy (non-hydrogen) atoms. The van der Waals surface area contributed by atoms with Crippen molar-refractivity contribution in [1.29, 1.82) is 0 Å². The van der Waals surface area contributed by atoms with E-state index in [9.17, 15) is 14.5 Å². The van der Waals surface area contributed by atoms with Gasteiger partial charge in [0.2, 0.25) is 5.91 Å². The molecule has 2 saturated heterocycles. The van der Waals surface area contributed by atoms with E-state index >= 15 is 0 Å². The summed E-state index contributed by atoms with van der Waals surface area (Å²) in [6.45, 7) is 5.96. The Hall–Kier alpha value is -1.26. The summed E-state index contributed by atoms with van der Waals surface area (Å²) in [5, 5.41) is 2.49. The SMILES string of the molecule is CC(C)(C)CC(=O)N1C2CC(C2)C1C(=O)N=O. The van der Waals surface area contributed by atoms with Crippen LogP contribution in [0.4, 0.5) is 0 Å². The molecular weight excluding hydrogens is 220 g/mol. The predicted octanol–water partition coefficient (Wildman–Crippen LogP) is 1.70. The number of hydrogen-bond acceptors (Lipinski definition) is 3. The molecule has 3 aliphatic rings. The second-order valence-electron chi connectivity index (χ2n) is 6.30. The third-order valence-electron chi connectivity index (χ3n) is 3.60. The summed E-state index contributed by atoms with van der Waals surface area (Å²) in [7, 11) is 0. The predicted molar refractivity (Wildman–Crippen MR) is 62.0 cm³/mol. The zero-order chi connectivity index (χ0) is 12.8. The molecule has 2 bridgehead atoms. The zero-order valence-electron chi connectivity index (χ0n) is 10.5. The van der Waals surface area contributed by atoms with Crippen molar-refractivity contribution in [2.24, 2.45) is 16.5 Å². The molecule has 0 spiro atoms. The van der Waals surface area contributed by atoms with Crippen molar-refractivity contribution in [3.8, 4) is 0 Å². The fourth-order valence-corrected chi connectivity index (χ4v) is 2.85. The number of nitroso groups, excluding NO2 is 1. The average Bonchev–Trinajstić information content (AvgIpc) is 2.66. The van der Waals surface area contributed by atoms with E-state index in [0.29, 0.717) is 6.42 Å².